The number of carbonyl (C=O) groups is 2. The molecule has 0 spiro atoms. The summed E-state index contributed by atoms with van der Waals surface area (Å²) in [5, 5.41) is 38.6. The summed E-state index contributed by atoms with van der Waals surface area (Å²) in [6, 6.07) is 6.02. The lowest BCUT2D eigenvalue weighted by Crippen LogP contribution is -2.60. The summed E-state index contributed by atoms with van der Waals surface area (Å²) >= 11 is 0. The Balaban J connectivity index is 2.07. The van der Waals surface area contributed by atoms with Crippen molar-refractivity contribution in [3.05, 3.63) is 35.9 Å². The van der Waals surface area contributed by atoms with Crippen LogP contribution in [0.5, 0.6) is 5.75 Å². The predicted molar refractivity (Wildman–Crippen MR) is 86.5 cm³/mol. The highest BCUT2D eigenvalue weighted by Crippen LogP contribution is 2.25. The maximum absolute atomic E-state index is 12.0. The lowest BCUT2D eigenvalue weighted by molar-refractivity contribution is -0.292. The minimum absolute atomic E-state index is 0.0769. The normalized spacial score (nSPS) is 28.7. The second kappa shape index (κ2) is 8.77. The van der Waals surface area contributed by atoms with Crippen LogP contribution in [0.2, 0.25) is 0 Å². The smallest absolute Gasteiger partial charge is 0.331 e. The fraction of sp³-hybridized carbons (Fsp3) is 0.412. The van der Waals surface area contributed by atoms with Crippen LogP contribution in [0.25, 0.3) is 6.08 Å². The molecule has 2 rings (SSSR count). The van der Waals surface area contributed by atoms with Crippen LogP contribution >= 0.6 is 0 Å². The second-order valence-electron chi connectivity index (χ2n) is 5.64. The number of phenols is 1. The van der Waals surface area contributed by atoms with Gasteiger partial charge in [-0.3, -0.25) is 4.79 Å². The van der Waals surface area contributed by atoms with Gasteiger partial charge in [0.05, 0.1) is 6.61 Å². The van der Waals surface area contributed by atoms with E-state index in [0.29, 0.717) is 5.56 Å². The van der Waals surface area contributed by atoms with E-state index in [9.17, 15) is 30.0 Å². The first-order chi connectivity index (χ1) is 12.3. The first kappa shape index (κ1) is 19.9. The van der Waals surface area contributed by atoms with Gasteiger partial charge in [-0.05, 0) is 23.8 Å². The van der Waals surface area contributed by atoms with Gasteiger partial charge in [0, 0.05) is 13.0 Å². The van der Waals surface area contributed by atoms with Crippen LogP contribution < -0.4 is 0 Å². The first-order valence-corrected chi connectivity index (χ1v) is 7.79. The zero-order valence-electron chi connectivity index (χ0n) is 13.9. The van der Waals surface area contributed by atoms with Crippen LogP contribution in [0.1, 0.15) is 12.5 Å². The number of aliphatic hydroxyl groups excluding tert-OH is 3. The molecule has 26 heavy (non-hydrogen) atoms. The lowest BCUT2D eigenvalue weighted by atomic mass is 9.99. The average molecular weight is 368 g/mol. The van der Waals surface area contributed by atoms with Crippen molar-refractivity contribution in [2.24, 2.45) is 0 Å². The Morgan fingerprint density at radius 2 is 1.81 bits per heavy atom. The molecule has 0 aliphatic carbocycles. The number of aromatic hydroxyl groups is 1. The summed E-state index contributed by atoms with van der Waals surface area (Å²) in [5.41, 5.74) is 0.618. The summed E-state index contributed by atoms with van der Waals surface area (Å²) in [4.78, 5) is 23.1. The van der Waals surface area contributed by atoms with Gasteiger partial charge in [-0.1, -0.05) is 12.1 Å². The zero-order chi connectivity index (χ0) is 19.3. The number of benzene rings is 1. The monoisotopic (exact) mass is 368 g/mol. The number of hydrogen-bond donors (Lipinski definition) is 4. The molecule has 1 aromatic carbocycles. The van der Waals surface area contributed by atoms with Crippen LogP contribution in [0, 0.1) is 0 Å². The number of ether oxygens (including phenoxy) is 3. The van der Waals surface area contributed by atoms with Crippen LogP contribution in [0.15, 0.2) is 30.3 Å². The van der Waals surface area contributed by atoms with Gasteiger partial charge in [0.15, 0.2) is 18.5 Å². The Labute approximate surface area is 149 Å². The number of hydrogen-bond acceptors (Lipinski definition) is 9. The van der Waals surface area contributed by atoms with Crippen molar-refractivity contribution in [3.63, 3.8) is 0 Å². The molecule has 1 aromatic rings. The van der Waals surface area contributed by atoms with Gasteiger partial charge in [0.2, 0.25) is 0 Å². The van der Waals surface area contributed by atoms with Crippen molar-refractivity contribution in [3.8, 4) is 5.75 Å². The maximum atomic E-state index is 12.0. The van der Waals surface area contributed by atoms with Gasteiger partial charge >= 0.3 is 11.9 Å². The third-order valence-corrected chi connectivity index (χ3v) is 3.67. The van der Waals surface area contributed by atoms with E-state index >= 15 is 0 Å². The molecule has 0 aromatic heterocycles. The molecule has 1 saturated heterocycles. The Kier molecular flexibility index (Phi) is 6.70. The SMILES string of the molecule is CC(=O)O[C@@H]1[C@@H](O)[C@H](OC(=O)C=Cc2ccc(O)cc2)[C@@H](CO)O[C@H]1O. The van der Waals surface area contributed by atoms with Crippen LogP contribution in [-0.4, -0.2) is 69.7 Å². The largest absolute Gasteiger partial charge is 0.508 e. The highest BCUT2D eigenvalue weighted by molar-refractivity contribution is 5.87. The summed E-state index contributed by atoms with van der Waals surface area (Å²) in [7, 11) is 0. The Morgan fingerprint density at radius 3 is 2.38 bits per heavy atom. The number of aliphatic hydroxyl groups is 3. The molecule has 1 aliphatic rings. The summed E-state index contributed by atoms with van der Waals surface area (Å²) in [5.74, 6) is -1.54. The molecule has 0 unspecified atom stereocenters. The van der Waals surface area contributed by atoms with Crippen molar-refractivity contribution < 1.29 is 44.2 Å². The fourth-order valence-electron chi connectivity index (χ4n) is 2.44. The van der Waals surface area contributed by atoms with Crippen molar-refractivity contribution in [2.75, 3.05) is 6.61 Å². The average Bonchev–Trinajstić information content (AvgIpc) is 2.60. The second-order valence-corrected chi connectivity index (χ2v) is 5.64. The van der Waals surface area contributed by atoms with Gasteiger partial charge in [0.1, 0.15) is 18.0 Å². The molecular weight excluding hydrogens is 348 g/mol. The standard InChI is InChI=1S/C17H20O9/c1-9(19)24-16-14(22)15(12(8-18)25-17(16)23)26-13(21)7-4-10-2-5-11(20)6-3-10/h2-7,12,14-18,20,22-23H,8H2,1H3/t12-,14+,15-,16-,17-/m1/s1. The molecule has 1 fully saturated rings. The molecule has 0 bridgehead atoms. The van der Waals surface area contributed by atoms with Crippen LogP contribution in [0.4, 0.5) is 0 Å². The van der Waals surface area contributed by atoms with Gasteiger partial charge < -0.3 is 34.6 Å². The van der Waals surface area contributed by atoms with Crippen molar-refractivity contribution in [2.45, 2.75) is 37.6 Å². The van der Waals surface area contributed by atoms with Gasteiger partial charge in [0.25, 0.3) is 0 Å². The van der Waals surface area contributed by atoms with E-state index in [4.69, 9.17) is 14.2 Å². The van der Waals surface area contributed by atoms with Crippen molar-refractivity contribution >= 4 is 18.0 Å². The third kappa shape index (κ3) is 5.02. The fourth-order valence-corrected chi connectivity index (χ4v) is 2.44. The maximum Gasteiger partial charge on any atom is 0.331 e. The molecule has 4 N–H and O–H groups in total. The van der Waals surface area contributed by atoms with Crippen molar-refractivity contribution in [1.82, 2.24) is 0 Å². The molecule has 1 aliphatic heterocycles. The number of phenolic OH excluding ortho intramolecular Hbond substituents is 1. The quantitative estimate of drug-likeness (QED) is 0.392. The van der Waals surface area contributed by atoms with E-state index < -0.39 is 49.3 Å². The zero-order valence-corrected chi connectivity index (χ0v) is 13.9. The van der Waals surface area contributed by atoms with Gasteiger partial charge in [-0.2, -0.15) is 0 Å². The molecule has 0 amide bonds. The minimum atomic E-state index is -1.67. The summed E-state index contributed by atoms with van der Waals surface area (Å²) in [6.45, 7) is 0.444. The highest BCUT2D eigenvalue weighted by atomic mass is 16.7. The Bertz CT molecular complexity index is 655. The Hall–Kier alpha value is -2.46. The Morgan fingerprint density at radius 1 is 1.15 bits per heavy atom. The van der Waals surface area contributed by atoms with Crippen LogP contribution in [0.3, 0.4) is 0 Å². The van der Waals surface area contributed by atoms with E-state index in [0.717, 1.165) is 13.0 Å². The molecule has 142 valence electrons. The summed E-state index contributed by atoms with van der Waals surface area (Å²) in [6.07, 6.45) is -4.78. The highest BCUT2D eigenvalue weighted by Gasteiger charge is 2.48. The van der Waals surface area contributed by atoms with Gasteiger partial charge in [-0.15, -0.1) is 0 Å². The number of carbonyl (C=O) groups excluding carboxylic acids is 2. The van der Waals surface area contributed by atoms with E-state index in [1.165, 1.54) is 18.2 Å². The molecule has 9 heteroatoms. The van der Waals surface area contributed by atoms with E-state index in [-0.39, 0.29) is 5.75 Å². The van der Waals surface area contributed by atoms with E-state index in [1.54, 1.807) is 12.1 Å². The predicted octanol–water partition coefficient (Wildman–Crippen LogP) is -0.681. The summed E-state index contributed by atoms with van der Waals surface area (Å²) < 4.78 is 14.9. The lowest BCUT2D eigenvalue weighted by Gasteiger charge is -2.40. The molecule has 5 atom stereocenters. The van der Waals surface area contributed by atoms with Crippen molar-refractivity contribution in [1.29, 1.82) is 0 Å². The molecule has 1 heterocycles. The van der Waals surface area contributed by atoms with Gasteiger partial charge in [-0.25, -0.2) is 4.79 Å². The van der Waals surface area contributed by atoms with E-state index in [2.05, 4.69) is 0 Å². The molecular formula is C17H20O9. The molecule has 9 nitrogen and oxygen atoms in total. The number of rotatable bonds is 5. The molecule has 0 radical (unpaired) electrons. The van der Waals surface area contributed by atoms with E-state index in [1.807, 2.05) is 0 Å². The minimum Gasteiger partial charge on any atom is -0.508 e. The molecule has 0 saturated carbocycles. The van der Waals surface area contributed by atoms with Crippen LogP contribution in [-0.2, 0) is 23.8 Å². The first-order valence-electron chi connectivity index (χ1n) is 7.79. The topological polar surface area (TPSA) is 143 Å². The number of esters is 2. The third-order valence-electron chi connectivity index (χ3n) is 3.67.